The number of aryl methyl sites for hydroxylation is 3. The summed E-state index contributed by atoms with van der Waals surface area (Å²) in [5.74, 6) is -0.496. The van der Waals surface area contributed by atoms with Crippen molar-refractivity contribution in [2.75, 3.05) is 22.1 Å². The molecule has 2 amide bonds. The van der Waals surface area contributed by atoms with Crippen molar-refractivity contribution in [3.8, 4) is 0 Å². The normalized spacial score (nSPS) is 15.8. The average Bonchev–Trinajstić information content (AvgIpc) is 3.14. The van der Waals surface area contributed by atoms with Crippen LogP contribution in [-0.2, 0) is 9.59 Å². The predicted molar refractivity (Wildman–Crippen MR) is 126 cm³/mol. The van der Waals surface area contributed by atoms with Crippen LogP contribution < -0.4 is 15.5 Å². The van der Waals surface area contributed by atoms with E-state index >= 15 is 0 Å². The highest BCUT2D eigenvalue weighted by molar-refractivity contribution is 6.04. The van der Waals surface area contributed by atoms with Crippen molar-refractivity contribution in [3.05, 3.63) is 83.4 Å². The molecule has 0 saturated carbocycles. The Morgan fingerprint density at radius 2 is 1.61 bits per heavy atom. The van der Waals surface area contributed by atoms with Gasteiger partial charge in [-0.1, -0.05) is 30.3 Å². The molecule has 4 rings (SSSR count). The summed E-state index contributed by atoms with van der Waals surface area (Å²) in [4.78, 5) is 27.1. The highest BCUT2D eigenvalue weighted by Gasteiger charge is 2.35. The van der Waals surface area contributed by atoms with E-state index < -0.39 is 0 Å². The maximum atomic E-state index is 12.8. The lowest BCUT2D eigenvalue weighted by Crippen LogP contribution is -2.28. The standard InChI is InChI=1S/C26H27N3O2/c1-17-8-9-19(3)24(14-17)29-16-20(15-25(29)30)26(31)28-22-12-10-21(11-13-22)27-23-7-5-4-6-18(23)2/h4-14,20,27H,15-16H2,1-3H3,(H,28,31). The topological polar surface area (TPSA) is 61.4 Å². The number of para-hydroxylation sites is 1. The van der Waals surface area contributed by atoms with Crippen molar-refractivity contribution in [1.29, 1.82) is 0 Å². The van der Waals surface area contributed by atoms with E-state index in [2.05, 4.69) is 23.6 Å². The monoisotopic (exact) mass is 413 g/mol. The Morgan fingerprint density at radius 3 is 2.35 bits per heavy atom. The summed E-state index contributed by atoms with van der Waals surface area (Å²) in [7, 11) is 0. The number of amides is 2. The number of rotatable bonds is 5. The second-order valence-corrected chi connectivity index (χ2v) is 8.20. The molecule has 158 valence electrons. The fraction of sp³-hybridized carbons (Fsp3) is 0.231. The number of nitrogens with one attached hydrogen (secondary N) is 2. The number of hydrogen-bond donors (Lipinski definition) is 2. The van der Waals surface area contributed by atoms with Crippen LogP contribution in [0.5, 0.6) is 0 Å². The third-order valence-electron chi connectivity index (χ3n) is 5.73. The van der Waals surface area contributed by atoms with Crippen molar-refractivity contribution in [2.45, 2.75) is 27.2 Å². The van der Waals surface area contributed by atoms with Crippen molar-refractivity contribution in [1.82, 2.24) is 0 Å². The fourth-order valence-corrected chi connectivity index (χ4v) is 3.88. The summed E-state index contributed by atoms with van der Waals surface area (Å²) in [6, 6.07) is 21.8. The molecule has 0 aliphatic carbocycles. The lowest BCUT2D eigenvalue weighted by Gasteiger charge is -2.19. The maximum Gasteiger partial charge on any atom is 0.229 e. The van der Waals surface area contributed by atoms with Gasteiger partial charge in [0, 0.05) is 35.7 Å². The lowest BCUT2D eigenvalue weighted by atomic mass is 10.1. The van der Waals surface area contributed by atoms with Gasteiger partial charge in [0.15, 0.2) is 0 Å². The average molecular weight is 414 g/mol. The van der Waals surface area contributed by atoms with Crippen molar-refractivity contribution < 1.29 is 9.59 Å². The predicted octanol–water partition coefficient (Wildman–Crippen LogP) is 5.35. The molecule has 1 atom stereocenters. The molecule has 0 radical (unpaired) electrons. The second-order valence-electron chi connectivity index (χ2n) is 8.20. The first-order valence-corrected chi connectivity index (χ1v) is 10.5. The van der Waals surface area contributed by atoms with Gasteiger partial charge in [-0.2, -0.15) is 0 Å². The third kappa shape index (κ3) is 4.61. The van der Waals surface area contributed by atoms with Gasteiger partial charge in [0.25, 0.3) is 0 Å². The van der Waals surface area contributed by atoms with E-state index in [9.17, 15) is 9.59 Å². The van der Waals surface area contributed by atoms with Gasteiger partial charge in [-0.15, -0.1) is 0 Å². The number of benzene rings is 3. The van der Waals surface area contributed by atoms with E-state index in [0.29, 0.717) is 6.54 Å². The Labute approximate surface area is 183 Å². The van der Waals surface area contributed by atoms with Crippen molar-refractivity contribution in [2.24, 2.45) is 5.92 Å². The zero-order valence-corrected chi connectivity index (χ0v) is 18.1. The number of carbonyl (C=O) groups excluding carboxylic acids is 2. The summed E-state index contributed by atoms with van der Waals surface area (Å²) in [5, 5.41) is 6.34. The number of hydrogen-bond acceptors (Lipinski definition) is 3. The second kappa shape index (κ2) is 8.64. The molecular weight excluding hydrogens is 386 g/mol. The third-order valence-corrected chi connectivity index (χ3v) is 5.73. The van der Waals surface area contributed by atoms with E-state index in [-0.39, 0.29) is 24.2 Å². The minimum absolute atomic E-state index is 0.00775. The molecule has 1 aliphatic heterocycles. The van der Waals surface area contributed by atoms with Crippen LogP contribution in [0.4, 0.5) is 22.7 Å². The van der Waals surface area contributed by atoms with Gasteiger partial charge in [-0.05, 0) is 73.9 Å². The summed E-state index contributed by atoms with van der Waals surface area (Å²) in [6.07, 6.45) is 0.228. The Bertz CT molecular complexity index is 1120. The van der Waals surface area contributed by atoms with Gasteiger partial charge < -0.3 is 15.5 Å². The van der Waals surface area contributed by atoms with Gasteiger partial charge in [-0.25, -0.2) is 0 Å². The fourth-order valence-electron chi connectivity index (χ4n) is 3.88. The van der Waals surface area contributed by atoms with Gasteiger partial charge in [0.2, 0.25) is 11.8 Å². The van der Waals surface area contributed by atoms with Crippen LogP contribution in [0.3, 0.4) is 0 Å². The molecule has 1 saturated heterocycles. The number of anilines is 4. The smallest absolute Gasteiger partial charge is 0.229 e. The summed E-state index contributed by atoms with van der Waals surface area (Å²) < 4.78 is 0. The van der Waals surface area contributed by atoms with Crippen LogP contribution in [0, 0.1) is 26.7 Å². The van der Waals surface area contributed by atoms with E-state index in [0.717, 1.165) is 33.9 Å². The summed E-state index contributed by atoms with van der Waals surface area (Å²) in [6.45, 7) is 6.45. The first-order valence-electron chi connectivity index (χ1n) is 10.5. The minimum Gasteiger partial charge on any atom is -0.355 e. The van der Waals surface area contributed by atoms with Crippen molar-refractivity contribution >= 4 is 34.6 Å². The van der Waals surface area contributed by atoms with Gasteiger partial charge in [0.05, 0.1) is 5.92 Å². The molecule has 31 heavy (non-hydrogen) atoms. The molecule has 1 unspecified atom stereocenters. The largest absolute Gasteiger partial charge is 0.355 e. The van der Waals surface area contributed by atoms with Crippen LogP contribution in [0.15, 0.2) is 66.7 Å². The van der Waals surface area contributed by atoms with Gasteiger partial charge in [-0.3, -0.25) is 9.59 Å². The molecule has 1 heterocycles. The first-order chi connectivity index (χ1) is 14.9. The summed E-state index contributed by atoms with van der Waals surface area (Å²) in [5.41, 5.74) is 6.92. The molecule has 1 aliphatic rings. The molecule has 5 nitrogen and oxygen atoms in total. The van der Waals surface area contributed by atoms with Crippen molar-refractivity contribution in [3.63, 3.8) is 0 Å². The molecule has 0 spiro atoms. The minimum atomic E-state index is -0.364. The molecule has 0 aromatic heterocycles. The molecule has 5 heteroatoms. The SMILES string of the molecule is Cc1ccc(C)c(N2CC(C(=O)Nc3ccc(Nc4ccccc4C)cc3)CC2=O)c1. The molecule has 3 aromatic carbocycles. The van der Waals surface area contributed by atoms with Gasteiger partial charge >= 0.3 is 0 Å². The quantitative estimate of drug-likeness (QED) is 0.593. The number of nitrogens with zero attached hydrogens (tertiary/aromatic N) is 1. The lowest BCUT2D eigenvalue weighted by molar-refractivity contribution is -0.122. The first kappa shape index (κ1) is 20.7. The Morgan fingerprint density at radius 1 is 0.903 bits per heavy atom. The Hall–Kier alpha value is -3.60. The highest BCUT2D eigenvalue weighted by Crippen LogP contribution is 2.29. The van der Waals surface area contributed by atoms with Crippen LogP contribution in [-0.4, -0.2) is 18.4 Å². The molecule has 3 aromatic rings. The highest BCUT2D eigenvalue weighted by atomic mass is 16.2. The maximum absolute atomic E-state index is 12.8. The van der Waals surface area contributed by atoms with Crippen LogP contribution in [0.25, 0.3) is 0 Å². The van der Waals surface area contributed by atoms with E-state index in [1.165, 1.54) is 5.56 Å². The van der Waals surface area contributed by atoms with E-state index in [1.807, 2.05) is 74.5 Å². The molecular formula is C26H27N3O2. The van der Waals surface area contributed by atoms with Crippen LogP contribution in [0.1, 0.15) is 23.1 Å². The van der Waals surface area contributed by atoms with Gasteiger partial charge in [0.1, 0.15) is 0 Å². The molecule has 0 bridgehead atoms. The number of carbonyl (C=O) groups is 2. The van der Waals surface area contributed by atoms with Crippen LogP contribution >= 0.6 is 0 Å². The zero-order valence-electron chi connectivity index (χ0n) is 18.1. The summed E-state index contributed by atoms with van der Waals surface area (Å²) >= 11 is 0. The zero-order chi connectivity index (χ0) is 22.0. The van der Waals surface area contributed by atoms with E-state index in [1.54, 1.807) is 4.90 Å². The Balaban J connectivity index is 1.40. The molecule has 2 N–H and O–H groups in total. The van der Waals surface area contributed by atoms with E-state index in [4.69, 9.17) is 0 Å². The Kier molecular flexibility index (Phi) is 5.76. The molecule has 1 fully saturated rings. The van der Waals surface area contributed by atoms with Crippen LogP contribution in [0.2, 0.25) is 0 Å².